The molecule has 0 amide bonds. The van der Waals surface area contributed by atoms with Gasteiger partial charge >= 0.3 is 0 Å². The zero-order valence-corrected chi connectivity index (χ0v) is 16.1. The molecule has 1 saturated heterocycles. The summed E-state index contributed by atoms with van der Waals surface area (Å²) in [5, 5.41) is 1.49. The van der Waals surface area contributed by atoms with Crippen molar-refractivity contribution in [2.75, 3.05) is 19.6 Å². The number of likely N-dealkylation sites (tertiary alicyclic amines) is 1. The Bertz CT molecular complexity index is 849. The first kappa shape index (κ1) is 17.8. The number of ketones is 1. The van der Waals surface area contributed by atoms with Crippen LogP contribution in [0.25, 0.3) is 6.08 Å². The molecule has 26 heavy (non-hydrogen) atoms. The number of piperidine rings is 1. The molecule has 0 atom stereocenters. The molecule has 2 aliphatic rings. The molecule has 0 N–H and O–H groups in total. The second-order valence-corrected chi connectivity index (χ2v) is 8.20. The van der Waals surface area contributed by atoms with Gasteiger partial charge in [-0.2, -0.15) is 0 Å². The highest BCUT2D eigenvalue weighted by Crippen LogP contribution is 2.46. The number of benzene rings is 2. The lowest BCUT2D eigenvalue weighted by atomic mass is 9.74. The first-order valence-corrected chi connectivity index (χ1v) is 9.79. The van der Waals surface area contributed by atoms with Crippen molar-refractivity contribution in [1.82, 2.24) is 4.90 Å². The van der Waals surface area contributed by atoms with Crippen LogP contribution in [0, 0.1) is 0 Å². The molecule has 1 fully saturated rings. The summed E-state index contributed by atoms with van der Waals surface area (Å²) in [5.41, 5.74) is 3.21. The third-order valence-electron chi connectivity index (χ3n) is 5.71. The summed E-state index contributed by atoms with van der Waals surface area (Å²) in [4.78, 5) is 14.9. The Morgan fingerprint density at radius 3 is 2.42 bits per heavy atom. The maximum atomic E-state index is 12.4. The van der Waals surface area contributed by atoms with Crippen LogP contribution < -0.4 is 0 Å². The fraction of sp³-hybridized carbons (Fsp3) is 0.318. The van der Waals surface area contributed by atoms with Gasteiger partial charge in [0.15, 0.2) is 5.78 Å². The second-order valence-electron chi connectivity index (χ2n) is 7.32. The molecule has 2 aromatic carbocycles. The molecule has 0 radical (unpaired) electrons. The van der Waals surface area contributed by atoms with Gasteiger partial charge < -0.3 is 0 Å². The molecule has 2 aromatic rings. The van der Waals surface area contributed by atoms with Crippen LogP contribution in [0.4, 0.5) is 0 Å². The molecule has 4 rings (SSSR count). The summed E-state index contributed by atoms with van der Waals surface area (Å²) >= 11 is 12.1. The largest absolute Gasteiger partial charge is 0.300 e. The van der Waals surface area contributed by atoms with Crippen LogP contribution in [0.15, 0.2) is 48.5 Å². The lowest BCUT2D eigenvalue weighted by Crippen LogP contribution is -2.41. The number of hydrogen-bond donors (Lipinski definition) is 0. The number of fused-ring (bicyclic) bond motifs is 2. The number of hydrogen-bond acceptors (Lipinski definition) is 2. The molecular weight excluding hydrogens is 365 g/mol. The fourth-order valence-electron chi connectivity index (χ4n) is 4.22. The molecule has 1 aliphatic heterocycles. The van der Waals surface area contributed by atoms with Crippen LogP contribution in [0.3, 0.4) is 0 Å². The molecule has 1 spiro atoms. The Kier molecular flexibility index (Phi) is 4.92. The number of nitrogens with zero attached hydrogens (tertiary/aromatic N) is 1. The summed E-state index contributed by atoms with van der Waals surface area (Å²) in [7, 11) is 0. The molecule has 0 bridgehead atoms. The standard InChI is InChI=1S/C22H21Cl2NO/c23-17-5-3-16(4-6-17)2-1-11-25-12-9-22(10-13-25)15-21(26)19-8-7-18(24)14-20(19)22/h1-8,14H,9-13,15H2/b2-1+. The van der Waals surface area contributed by atoms with Crippen molar-refractivity contribution in [3.05, 3.63) is 75.3 Å². The number of carbonyl (C=O) groups is 1. The van der Waals surface area contributed by atoms with Crippen LogP contribution in [0.5, 0.6) is 0 Å². The minimum atomic E-state index is -0.00624. The third kappa shape index (κ3) is 3.46. The SMILES string of the molecule is O=C1CC2(CCN(C/C=C/c3ccc(Cl)cc3)CC2)c2cc(Cl)ccc21. The summed E-state index contributed by atoms with van der Waals surface area (Å²) in [5.74, 6) is 0.271. The first-order chi connectivity index (χ1) is 12.6. The molecule has 0 unspecified atom stereocenters. The highest BCUT2D eigenvalue weighted by molar-refractivity contribution is 6.31. The van der Waals surface area contributed by atoms with Crippen LogP contribution >= 0.6 is 23.2 Å². The van der Waals surface area contributed by atoms with Crippen molar-refractivity contribution in [3.8, 4) is 0 Å². The first-order valence-electron chi connectivity index (χ1n) is 9.03. The Morgan fingerprint density at radius 2 is 1.69 bits per heavy atom. The van der Waals surface area contributed by atoms with Crippen LogP contribution in [0.2, 0.25) is 10.0 Å². The zero-order chi connectivity index (χ0) is 18.1. The zero-order valence-electron chi connectivity index (χ0n) is 14.6. The van der Waals surface area contributed by atoms with Crippen LogP contribution in [0.1, 0.15) is 40.7 Å². The van der Waals surface area contributed by atoms with E-state index in [9.17, 15) is 4.79 Å². The van der Waals surface area contributed by atoms with E-state index in [4.69, 9.17) is 23.2 Å². The fourth-order valence-corrected chi connectivity index (χ4v) is 4.52. The van der Waals surface area contributed by atoms with Crippen LogP contribution in [-0.4, -0.2) is 30.3 Å². The van der Waals surface area contributed by atoms with Gasteiger partial charge in [0, 0.05) is 34.0 Å². The van der Waals surface area contributed by atoms with Crippen LogP contribution in [-0.2, 0) is 5.41 Å². The second kappa shape index (κ2) is 7.19. The molecular formula is C22H21Cl2NO. The smallest absolute Gasteiger partial charge is 0.164 e. The van der Waals surface area contributed by atoms with Gasteiger partial charge in [-0.1, -0.05) is 47.5 Å². The van der Waals surface area contributed by atoms with E-state index in [0.717, 1.165) is 53.6 Å². The summed E-state index contributed by atoms with van der Waals surface area (Å²) in [6.45, 7) is 2.93. The van der Waals surface area contributed by atoms with Gasteiger partial charge in [0.2, 0.25) is 0 Å². The van der Waals surface area contributed by atoms with Crippen molar-refractivity contribution in [2.24, 2.45) is 0 Å². The maximum absolute atomic E-state index is 12.4. The predicted octanol–water partition coefficient (Wildman–Crippen LogP) is 5.63. The van der Waals surface area contributed by atoms with Crippen molar-refractivity contribution < 1.29 is 4.79 Å². The van der Waals surface area contributed by atoms with Gasteiger partial charge in [0.1, 0.15) is 0 Å². The molecule has 1 aliphatic carbocycles. The number of rotatable bonds is 3. The third-order valence-corrected chi connectivity index (χ3v) is 6.20. The van der Waals surface area contributed by atoms with Crippen molar-refractivity contribution in [2.45, 2.75) is 24.7 Å². The number of halogens is 2. The van der Waals surface area contributed by atoms with Gasteiger partial charge in [0.25, 0.3) is 0 Å². The molecule has 2 nitrogen and oxygen atoms in total. The van der Waals surface area contributed by atoms with Crippen molar-refractivity contribution >= 4 is 35.1 Å². The molecule has 4 heteroatoms. The molecule has 1 heterocycles. The Balaban J connectivity index is 1.40. The normalized spacial score (nSPS) is 19.4. The van der Waals surface area contributed by atoms with Gasteiger partial charge in [-0.3, -0.25) is 9.69 Å². The predicted molar refractivity (Wildman–Crippen MR) is 108 cm³/mol. The monoisotopic (exact) mass is 385 g/mol. The van der Waals surface area contributed by atoms with E-state index < -0.39 is 0 Å². The Morgan fingerprint density at radius 1 is 1.00 bits per heavy atom. The highest BCUT2D eigenvalue weighted by atomic mass is 35.5. The van der Waals surface area contributed by atoms with Gasteiger partial charge in [-0.05, 0) is 67.4 Å². The topological polar surface area (TPSA) is 20.3 Å². The van der Waals surface area contributed by atoms with Crippen molar-refractivity contribution in [3.63, 3.8) is 0 Å². The van der Waals surface area contributed by atoms with E-state index in [1.165, 1.54) is 5.56 Å². The quantitative estimate of drug-likeness (QED) is 0.682. The summed E-state index contributed by atoms with van der Waals surface area (Å²) in [6.07, 6.45) is 7.00. The Hall–Kier alpha value is -1.61. The maximum Gasteiger partial charge on any atom is 0.164 e. The Labute approximate surface area is 164 Å². The van der Waals surface area contributed by atoms with Gasteiger partial charge in [-0.15, -0.1) is 0 Å². The van der Waals surface area contributed by atoms with Gasteiger partial charge in [-0.25, -0.2) is 0 Å². The lowest BCUT2D eigenvalue weighted by molar-refractivity contribution is 0.0941. The minimum Gasteiger partial charge on any atom is -0.300 e. The number of Topliss-reactive ketones (excluding diaryl/α,β-unsaturated/α-hetero) is 1. The minimum absolute atomic E-state index is 0.00624. The summed E-state index contributed by atoms with van der Waals surface area (Å²) < 4.78 is 0. The van der Waals surface area contributed by atoms with E-state index in [0.29, 0.717) is 6.42 Å². The number of carbonyl (C=O) groups excluding carboxylic acids is 1. The molecule has 0 saturated carbocycles. The highest BCUT2D eigenvalue weighted by Gasteiger charge is 2.44. The molecule has 134 valence electrons. The van der Waals surface area contributed by atoms with E-state index in [1.807, 2.05) is 42.5 Å². The van der Waals surface area contributed by atoms with E-state index in [2.05, 4.69) is 17.1 Å². The lowest BCUT2D eigenvalue weighted by Gasteiger charge is -2.39. The molecule has 0 aromatic heterocycles. The van der Waals surface area contributed by atoms with E-state index in [1.54, 1.807) is 0 Å². The van der Waals surface area contributed by atoms with Gasteiger partial charge in [0.05, 0.1) is 0 Å². The average molecular weight is 386 g/mol. The summed E-state index contributed by atoms with van der Waals surface area (Å²) in [6, 6.07) is 13.6. The van der Waals surface area contributed by atoms with E-state index in [-0.39, 0.29) is 11.2 Å². The van der Waals surface area contributed by atoms with E-state index >= 15 is 0 Å². The van der Waals surface area contributed by atoms with Crippen molar-refractivity contribution in [1.29, 1.82) is 0 Å². The average Bonchev–Trinajstić information content (AvgIpc) is 2.90.